The van der Waals surface area contributed by atoms with E-state index in [4.69, 9.17) is 18.9 Å². The number of rotatable bonds is 7. The Hall–Kier alpha value is -3.75. The number of Topliss-reactive ketones (excluding diaryl/α,β-unsaturated/α-hetero) is 1. The molecule has 1 aliphatic heterocycles. The van der Waals surface area contributed by atoms with Crippen LogP contribution in [0.2, 0.25) is 0 Å². The van der Waals surface area contributed by atoms with Crippen molar-refractivity contribution in [3.05, 3.63) is 41.5 Å². The molecule has 1 aliphatic rings. The lowest BCUT2D eigenvalue weighted by Gasteiger charge is -2.13. The first-order valence-electron chi connectivity index (χ1n) is 8.56. The third-order valence-electron chi connectivity index (χ3n) is 4.11. The van der Waals surface area contributed by atoms with Crippen LogP contribution in [0.15, 0.2) is 30.3 Å². The lowest BCUT2D eigenvalue weighted by molar-refractivity contribution is -0.118. The quantitative estimate of drug-likeness (QED) is 0.557. The maximum Gasteiger partial charge on any atom is 0.337 e. The van der Waals surface area contributed by atoms with E-state index < -0.39 is 11.9 Å². The molecular formula is C20H19NO8. The smallest absolute Gasteiger partial charge is 0.337 e. The number of nitrogens with one attached hydrogen (secondary N) is 1. The van der Waals surface area contributed by atoms with Crippen molar-refractivity contribution in [2.75, 3.05) is 32.9 Å². The van der Waals surface area contributed by atoms with Crippen LogP contribution in [0.1, 0.15) is 27.6 Å². The van der Waals surface area contributed by atoms with Gasteiger partial charge in [-0.3, -0.25) is 9.59 Å². The van der Waals surface area contributed by atoms with Gasteiger partial charge in [0.2, 0.25) is 6.79 Å². The minimum atomic E-state index is -0.521. The average molecular weight is 401 g/mol. The molecule has 1 heterocycles. The monoisotopic (exact) mass is 401 g/mol. The molecule has 0 bridgehead atoms. The third kappa shape index (κ3) is 4.40. The fourth-order valence-electron chi connectivity index (χ4n) is 2.70. The van der Waals surface area contributed by atoms with Crippen molar-refractivity contribution < 1.29 is 38.1 Å². The normalized spacial score (nSPS) is 11.6. The van der Waals surface area contributed by atoms with E-state index in [9.17, 15) is 14.4 Å². The van der Waals surface area contributed by atoms with Gasteiger partial charge in [-0.05, 0) is 31.2 Å². The fraction of sp³-hybridized carbons (Fsp3) is 0.250. The van der Waals surface area contributed by atoms with Gasteiger partial charge in [-0.25, -0.2) is 4.79 Å². The Bertz CT molecular complexity index is 969. The molecule has 29 heavy (non-hydrogen) atoms. The van der Waals surface area contributed by atoms with Crippen molar-refractivity contribution >= 4 is 23.3 Å². The van der Waals surface area contributed by atoms with Gasteiger partial charge in [0, 0.05) is 11.6 Å². The molecule has 0 unspecified atom stereocenters. The second-order valence-corrected chi connectivity index (χ2v) is 6.00. The standard InChI is InChI=1S/C20H19NO8/c1-11(22)13-7-17-18(29-10-28-17)8-14(13)21-19(23)9-27-15-5-4-12(20(24)26-3)6-16(15)25-2/h4-8H,9-10H2,1-3H3,(H,21,23). The summed E-state index contributed by atoms with van der Waals surface area (Å²) in [6.07, 6.45) is 0. The van der Waals surface area contributed by atoms with Gasteiger partial charge >= 0.3 is 5.97 Å². The van der Waals surface area contributed by atoms with Crippen LogP contribution in [0.25, 0.3) is 0 Å². The summed E-state index contributed by atoms with van der Waals surface area (Å²) in [5.41, 5.74) is 0.874. The summed E-state index contributed by atoms with van der Waals surface area (Å²) in [6.45, 7) is 1.09. The maximum absolute atomic E-state index is 12.3. The summed E-state index contributed by atoms with van der Waals surface area (Å²) in [5, 5.41) is 2.63. The number of methoxy groups -OCH3 is 2. The molecular weight excluding hydrogens is 382 g/mol. The van der Waals surface area contributed by atoms with Crippen molar-refractivity contribution in [1.82, 2.24) is 0 Å². The number of fused-ring (bicyclic) bond motifs is 1. The SMILES string of the molecule is COC(=O)c1ccc(OCC(=O)Nc2cc3c(cc2C(C)=O)OCO3)c(OC)c1. The number of carbonyl (C=O) groups is 3. The Morgan fingerprint density at radius 2 is 1.76 bits per heavy atom. The van der Waals surface area contributed by atoms with Crippen LogP contribution < -0.4 is 24.3 Å². The van der Waals surface area contributed by atoms with Crippen LogP contribution >= 0.6 is 0 Å². The summed E-state index contributed by atoms with van der Waals surface area (Å²) in [7, 11) is 2.68. The highest BCUT2D eigenvalue weighted by molar-refractivity contribution is 6.05. The molecule has 0 aliphatic carbocycles. The maximum atomic E-state index is 12.3. The Morgan fingerprint density at radius 1 is 1.03 bits per heavy atom. The van der Waals surface area contributed by atoms with Gasteiger partial charge in [0.1, 0.15) is 0 Å². The summed E-state index contributed by atoms with van der Waals surface area (Å²) < 4.78 is 25.9. The van der Waals surface area contributed by atoms with E-state index >= 15 is 0 Å². The minimum absolute atomic E-state index is 0.0502. The zero-order valence-electron chi connectivity index (χ0n) is 16.1. The van der Waals surface area contributed by atoms with Gasteiger partial charge in [0.15, 0.2) is 35.4 Å². The number of anilines is 1. The molecule has 0 radical (unpaired) electrons. The number of hydrogen-bond acceptors (Lipinski definition) is 8. The van der Waals surface area contributed by atoms with Crippen molar-refractivity contribution in [2.24, 2.45) is 0 Å². The average Bonchev–Trinajstić information content (AvgIpc) is 3.18. The predicted octanol–water partition coefficient (Wildman–Crippen LogP) is 2.43. The third-order valence-corrected chi connectivity index (χ3v) is 4.11. The number of carbonyl (C=O) groups excluding carboxylic acids is 3. The van der Waals surface area contributed by atoms with E-state index in [1.807, 2.05) is 0 Å². The van der Waals surface area contributed by atoms with Gasteiger partial charge < -0.3 is 29.0 Å². The highest BCUT2D eigenvalue weighted by Crippen LogP contribution is 2.37. The molecule has 0 atom stereocenters. The first-order valence-corrected chi connectivity index (χ1v) is 8.56. The zero-order valence-corrected chi connectivity index (χ0v) is 16.1. The summed E-state index contributed by atoms with van der Waals surface area (Å²) >= 11 is 0. The Morgan fingerprint density at radius 3 is 2.41 bits per heavy atom. The van der Waals surface area contributed by atoms with Crippen molar-refractivity contribution in [3.8, 4) is 23.0 Å². The van der Waals surface area contributed by atoms with Crippen molar-refractivity contribution in [1.29, 1.82) is 0 Å². The van der Waals surface area contributed by atoms with Crippen molar-refractivity contribution in [3.63, 3.8) is 0 Å². The van der Waals surface area contributed by atoms with Crippen LogP contribution in [0.5, 0.6) is 23.0 Å². The highest BCUT2D eigenvalue weighted by Gasteiger charge is 2.21. The van der Waals surface area contributed by atoms with Crippen LogP contribution in [0, 0.1) is 0 Å². The molecule has 0 aromatic heterocycles. The number of esters is 1. The molecule has 0 fully saturated rings. The zero-order chi connectivity index (χ0) is 21.0. The van der Waals surface area contributed by atoms with Crippen molar-refractivity contribution in [2.45, 2.75) is 6.92 Å². The molecule has 0 spiro atoms. The second kappa shape index (κ2) is 8.51. The van der Waals surface area contributed by atoms with Gasteiger partial charge in [-0.15, -0.1) is 0 Å². The van der Waals surface area contributed by atoms with Gasteiger partial charge in [0.05, 0.1) is 25.5 Å². The summed E-state index contributed by atoms with van der Waals surface area (Å²) in [5.74, 6) is 0.171. The molecule has 3 rings (SSSR count). The minimum Gasteiger partial charge on any atom is -0.493 e. The summed E-state index contributed by atoms with van der Waals surface area (Å²) in [4.78, 5) is 35.8. The molecule has 2 aromatic rings. The van der Waals surface area contributed by atoms with Gasteiger partial charge in [-0.2, -0.15) is 0 Å². The van der Waals surface area contributed by atoms with Crippen LogP contribution in [0.4, 0.5) is 5.69 Å². The Labute approximate surface area is 166 Å². The van der Waals surface area contributed by atoms with Crippen LogP contribution in [0.3, 0.4) is 0 Å². The fourth-order valence-corrected chi connectivity index (χ4v) is 2.70. The largest absolute Gasteiger partial charge is 0.493 e. The first-order chi connectivity index (χ1) is 13.9. The molecule has 0 saturated carbocycles. The van der Waals surface area contributed by atoms with Crippen LogP contribution in [-0.4, -0.2) is 45.3 Å². The molecule has 9 heteroatoms. The van der Waals surface area contributed by atoms with E-state index in [0.717, 1.165) is 0 Å². The molecule has 9 nitrogen and oxygen atoms in total. The number of benzene rings is 2. The number of amides is 1. The number of ketones is 1. The number of hydrogen-bond donors (Lipinski definition) is 1. The molecule has 1 N–H and O–H groups in total. The van der Waals surface area contributed by atoms with E-state index in [0.29, 0.717) is 22.7 Å². The summed E-state index contributed by atoms with van der Waals surface area (Å²) in [6, 6.07) is 7.50. The van der Waals surface area contributed by atoms with Crippen LogP contribution in [-0.2, 0) is 9.53 Å². The van der Waals surface area contributed by atoms with E-state index in [2.05, 4.69) is 10.1 Å². The van der Waals surface area contributed by atoms with E-state index in [1.165, 1.54) is 51.5 Å². The molecule has 0 saturated heterocycles. The van der Waals surface area contributed by atoms with Gasteiger partial charge in [-0.1, -0.05) is 0 Å². The predicted molar refractivity (Wildman–Crippen MR) is 101 cm³/mol. The van der Waals surface area contributed by atoms with E-state index in [1.54, 1.807) is 0 Å². The van der Waals surface area contributed by atoms with Gasteiger partial charge in [0.25, 0.3) is 5.91 Å². The lowest BCUT2D eigenvalue weighted by atomic mass is 10.1. The van der Waals surface area contributed by atoms with E-state index in [-0.39, 0.29) is 36.2 Å². The lowest BCUT2D eigenvalue weighted by Crippen LogP contribution is -2.21. The topological polar surface area (TPSA) is 109 Å². The molecule has 152 valence electrons. The first kappa shape index (κ1) is 20.0. The Kier molecular flexibility index (Phi) is 5.87. The molecule has 2 aromatic carbocycles. The Balaban J connectivity index is 1.71. The number of ether oxygens (including phenoxy) is 5. The molecule has 1 amide bonds. The second-order valence-electron chi connectivity index (χ2n) is 6.00. The highest BCUT2D eigenvalue weighted by atomic mass is 16.7.